The van der Waals surface area contributed by atoms with Crippen LogP contribution in [0.2, 0.25) is 5.02 Å². The zero-order valence-electron chi connectivity index (χ0n) is 13.4. The highest BCUT2D eigenvalue weighted by molar-refractivity contribution is 6.30. The van der Waals surface area contributed by atoms with Crippen molar-refractivity contribution in [3.63, 3.8) is 0 Å². The molecule has 0 fully saturated rings. The Labute approximate surface area is 150 Å². The summed E-state index contributed by atoms with van der Waals surface area (Å²) in [4.78, 5) is 12.0. The number of aromatic nitrogens is 2. The SMILES string of the molecule is COc1ccc(Cl)cc1Cn1nc(-c2ccc(C(F)(F)F)cc2)oc1=O. The van der Waals surface area contributed by atoms with Crippen LogP contribution >= 0.6 is 11.6 Å². The quantitative estimate of drug-likeness (QED) is 0.675. The Morgan fingerprint density at radius 1 is 1.19 bits per heavy atom. The lowest BCUT2D eigenvalue weighted by atomic mass is 10.1. The van der Waals surface area contributed by atoms with E-state index in [0.717, 1.165) is 16.8 Å². The summed E-state index contributed by atoms with van der Waals surface area (Å²) in [7, 11) is 1.48. The molecule has 2 aromatic carbocycles. The first-order valence-electron chi connectivity index (χ1n) is 7.36. The monoisotopic (exact) mass is 384 g/mol. The summed E-state index contributed by atoms with van der Waals surface area (Å²) in [5.74, 6) is -0.313. The molecule has 9 heteroatoms. The molecule has 5 nitrogen and oxygen atoms in total. The Hall–Kier alpha value is -2.74. The molecule has 0 amide bonds. The minimum absolute atomic E-state index is 0.0344. The minimum Gasteiger partial charge on any atom is -0.496 e. The fraction of sp³-hybridized carbons (Fsp3) is 0.176. The van der Waals surface area contributed by atoms with E-state index < -0.39 is 17.5 Å². The van der Waals surface area contributed by atoms with Gasteiger partial charge in [0.25, 0.3) is 0 Å². The molecule has 1 aromatic heterocycles. The molecule has 1 heterocycles. The zero-order chi connectivity index (χ0) is 18.9. The highest BCUT2D eigenvalue weighted by atomic mass is 35.5. The normalized spacial score (nSPS) is 11.6. The third kappa shape index (κ3) is 3.75. The average molecular weight is 385 g/mol. The molecule has 0 atom stereocenters. The smallest absolute Gasteiger partial charge is 0.437 e. The van der Waals surface area contributed by atoms with Gasteiger partial charge in [0.1, 0.15) is 5.75 Å². The maximum absolute atomic E-state index is 12.6. The molecule has 0 aliphatic heterocycles. The molecule has 0 N–H and O–H groups in total. The summed E-state index contributed by atoms with van der Waals surface area (Å²) < 4.78 is 49.2. The second-order valence-electron chi connectivity index (χ2n) is 5.36. The van der Waals surface area contributed by atoms with Crippen LogP contribution in [0.25, 0.3) is 11.5 Å². The molecule has 0 aliphatic carbocycles. The molecule has 0 saturated heterocycles. The van der Waals surface area contributed by atoms with Crippen molar-refractivity contribution in [2.24, 2.45) is 0 Å². The lowest BCUT2D eigenvalue weighted by Crippen LogP contribution is -2.17. The Morgan fingerprint density at radius 3 is 2.50 bits per heavy atom. The molecule has 0 aliphatic rings. The van der Waals surface area contributed by atoms with Crippen molar-refractivity contribution < 1.29 is 22.3 Å². The second-order valence-corrected chi connectivity index (χ2v) is 5.80. The average Bonchev–Trinajstić information content (AvgIpc) is 2.95. The van der Waals surface area contributed by atoms with Gasteiger partial charge in [-0.3, -0.25) is 0 Å². The standard InChI is InChI=1S/C17H12ClF3N2O3/c1-25-14-7-6-13(18)8-11(14)9-23-16(24)26-15(22-23)10-2-4-12(5-3-10)17(19,20)21/h2-8H,9H2,1H3. The summed E-state index contributed by atoms with van der Waals surface area (Å²) in [5, 5.41) is 4.49. The van der Waals surface area contributed by atoms with Crippen LogP contribution in [-0.2, 0) is 12.7 Å². The zero-order valence-corrected chi connectivity index (χ0v) is 14.1. The van der Waals surface area contributed by atoms with Crippen molar-refractivity contribution in [2.45, 2.75) is 12.7 Å². The van der Waals surface area contributed by atoms with Gasteiger partial charge >= 0.3 is 11.9 Å². The van der Waals surface area contributed by atoms with E-state index >= 15 is 0 Å². The van der Waals surface area contributed by atoms with E-state index in [2.05, 4.69) is 5.10 Å². The van der Waals surface area contributed by atoms with E-state index in [-0.39, 0.29) is 18.0 Å². The number of halogens is 4. The number of alkyl halides is 3. The first-order chi connectivity index (χ1) is 12.3. The van der Waals surface area contributed by atoms with Gasteiger partial charge in [-0.2, -0.15) is 17.9 Å². The molecule has 3 aromatic rings. The molecule has 0 radical (unpaired) electrons. The van der Waals surface area contributed by atoms with E-state index in [1.165, 1.54) is 19.2 Å². The van der Waals surface area contributed by atoms with Crippen molar-refractivity contribution in [3.05, 3.63) is 69.2 Å². The number of nitrogens with zero attached hydrogens (tertiary/aromatic N) is 2. The predicted octanol–water partition coefficient (Wildman–Crippen LogP) is 4.23. The highest BCUT2D eigenvalue weighted by Crippen LogP contribution is 2.30. The van der Waals surface area contributed by atoms with Gasteiger partial charge in [-0.25, -0.2) is 4.79 Å². The van der Waals surface area contributed by atoms with Gasteiger partial charge in [0.15, 0.2) is 0 Å². The lowest BCUT2D eigenvalue weighted by molar-refractivity contribution is -0.137. The van der Waals surface area contributed by atoms with E-state index in [1.54, 1.807) is 18.2 Å². The van der Waals surface area contributed by atoms with Crippen LogP contribution in [0.4, 0.5) is 13.2 Å². The third-order valence-electron chi connectivity index (χ3n) is 3.63. The first kappa shape index (κ1) is 18.1. The largest absolute Gasteiger partial charge is 0.496 e. The molecule has 0 unspecified atom stereocenters. The Kier molecular flexibility index (Phi) is 4.78. The molecular formula is C17H12ClF3N2O3. The molecule has 26 heavy (non-hydrogen) atoms. The van der Waals surface area contributed by atoms with Gasteiger partial charge in [0, 0.05) is 16.1 Å². The summed E-state index contributed by atoms with van der Waals surface area (Å²) in [6.07, 6.45) is -4.44. The molecule has 136 valence electrons. The van der Waals surface area contributed by atoms with Crippen LogP contribution < -0.4 is 10.5 Å². The van der Waals surface area contributed by atoms with Crippen molar-refractivity contribution in [1.29, 1.82) is 0 Å². The fourth-order valence-electron chi connectivity index (χ4n) is 2.36. The van der Waals surface area contributed by atoms with Crippen LogP contribution in [0.3, 0.4) is 0 Å². The highest BCUT2D eigenvalue weighted by Gasteiger charge is 2.30. The Morgan fingerprint density at radius 2 is 1.88 bits per heavy atom. The Bertz CT molecular complexity index is 978. The lowest BCUT2D eigenvalue weighted by Gasteiger charge is -2.07. The topological polar surface area (TPSA) is 57.3 Å². The number of hydrogen-bond acceptors (Lipinski definition) is 4. The molecular weight excluding hydrogens is 373 g/mol. The third-order valence-corrected chi connectivity index (χ3v) is 3.86. The molecule has 0 spiro atoms. The van der Waals surface area contributed by atoms with E-state index in [4.69, 9.17) is 20.8 Å². The second kappa shape index (κ2) is 6.87. The van der Waals surface area contributed by atoms with Gasteiger partial charge in [-0.15, -0.1) is 5.10 Å². The molecule has 0 bridgehead atoms. The van der Waals surface area contributed by atoms with Crippen LogP contribution in [-0.4, -0.2) is 16.9 Å². The molecule has 0 saturated carbocycles. The first-order valence-corrected chi connectivity index (χ1v) is 7.74. The van der Waals surface area contributed by atoms with Crippen molar-refractivity contribution >= 4 is 11.6 Å². The number of hydrogen-bond donors (Lipinski definition) is 0. The number of methoxy groups -OCH3 is 1. The van der Waals surface area contributed by atoms with E-state index in [9.17, 15) is 18.0 Å². The maximum atomic E-state index is 12.6. The fourth-order valence-corrected chi connectivity index (χ4v) is 2.55. The van der Waals surface area contributed by atoms with Gasteiger partial charge in [-0.05, 0) is 42.5 Å². The van der Waals surface area contributed by atoms with Gasteiger partial charge in [-0.1, -0.05) is 11.6 Å². The van der Waals surface area contributed by atoms with Gasteiger partial charge < -0.3 is 9.15 Å². The number of benzene rings is 2. The van der Waals surface area contributed by atoms with E-state index in [1.807, 2.05) is 0 Å². The van der Waals surface area contributed by atoms with Crippen molar-refractivity contribution in [3.8, 4) is 17.2 Å². The van der Waals surface area contributed by atoms with Gasteiger partial charge in [0.2, 0.25) is 5.89 Å². The predicted molar refractivity (Wildman–Crippen MR) is 88.3 cm³/mol. The van der Waals surface area contributed by atoms with Crippen molar-refractivity contribution in [1.82, 2.24) is 9.78 Å². The Balaban J connectivity index is 1.91. The van der Waals surface area contributed by atoms with E-state index in [0.29, 0.717) is 16.3 Å². The summed E-state index contributed by atoms with van der Waals surface area (Å²) in [6.45, 7) is 0.0344. The number of ether oxygens (including phenoxy) is 1. The number of rotatable bonds is 4. The summed E-state index contributed by atoms with van der Waals surface area (Å²) in [6, 6.07) is 9.10. The summed E-state index contributed by atoms with van der Waals surface area (Å²) in [5.41, 5.74) is 0.0629. The van der Waals surface area contributed by atoms with Gasteiger partial charge in [0.05, 0.1) is 19.2 Å². The van der Waals surface area contributed by atoms with Crippen LogP contribution in [0.1, 0.15) is 11.1 Å². The van der Waals surface area contributed by atoms with Crippen LogP contribution in [0.15, 0.2) is 51.7 Å². The van der Waals surface area contributed by atoms with Crippen LogP contribution in [0, 0.1) is 0 Å². The summed E-state index contributed by atoms with van der Waals surface area (Å²) >= 11 is 5.95. The maximum Gasteiger partial charge on any atom is 0.437 e. The van der Waals surface area contributed by atoms with Crippen molar-refractivity contribution in [2.75, 3.05) is 7.11 Å². The molecule has 3 rings (SSSR count). The van der Waals surface area contributed by atoms with Crippen LogP contribution in [0.5, 0.6) is 5.75 Å². The minimum atomic E-state index is -4.44.